The van der Waals surface area contributed by atoms with Crippen molar-refractivity contribution in [3.8, 4) is 0 Å². The molecule has 90 valence electrons. The third kappa shape index (κ3) is 2.72. The molecule has 0 aliphatic heterocycles. The van der Waals surface area contributed by atoms with Crippen molar-refractivity contribution in [3.63, 3.8) is 0 Å². The maximum atomic E-state index is 12.7. The van der Waals surface area contributed by atoms with Gasteiger partial charge in [0.15, 0.2) is 0 Å². The van der Waals surface area contributed by atoms with E-state index in [1.807, 2.05) is 6.92 Å². The molecule has 0 aliphatic carbocycles. The molecule has 0 saturated carbocycles. The highest BCUT2D eigenvalue weighted by Gasteiger charge is 2.35. The van der Waals surface area contributed by atoms with Crippen molar-refractivity contribution in [2.24, 2.45) is 11.7 Å². The number of hydrogen-bond donors (Lipinski definition) is 1. The number of alkyl halides is 3. The zero-order chi connectivity index (χ0) is 12.3. The lowest BCUT2D eigenvalue weighted by Gasteiger charge is -2.22. The highest BCUT2D eigenvalue weighted by molar-refractivity contribution is 5.29. The molecule has 1 heterocycles. The minimum atomic E-state index is -4.33. The molecule has 5 heteroatoms. The summed E-state index contributed by atoms with van der Waals surface area (Å²) >= 11 is 0. The Morgan fingerprint density at radius 1 is 1.38 bits per heavy atom. The minimum absolute atomic E-state index is 0.00898. The first kappa shape index (κ1) is 13.0. The molecule has 1 aromatic heterocycles. The Labute approximate surface area is 92.7 Å². The molecule has 16 heavy (non-hydrogen) atoms. The van der Waals surface area contributed by atoms with Crippen LogP contribution in [0.15, 0.2) is 18.5 Å². The molecular formula is C11H15F3N2. The fraction of sp³-hybridized carbons (Fsp3) is 0.545. The zero-order valence-electron chi connectivity index (χ0n) is 9.25. The van der Waals surface area contributed by atoms with Crippen molar-refractivity contribution in [2.45, 2.75) is 25.9 Å². The second kappa shape index (κ2) is 4.82. The van der Waals surface area contributed by atoms with E-state index in [9.17, 15) is 13.2 Å². The van der Waals surface area contributed by atoms with Gasteiger partial charge in [0.1, 0.15) is 0 Å². The summed E-state index contributed by atoms with van der Waals surface area (Å²) in [7, 11) is 0. The van der Waals surface area contributed by atoms with Crippen molar-refractivity contribution >= 4 is 0 Å². The lowest BCUT2D eigenvalue weighted by atomic mass is 9.87. The molecule has 0 amide bonds. The van der Waals surface area contributed by atoms with Gasteiger partial charge in [0.25, 0.3) is 0 Å². The van der Waals surface area contributed by atoms with E-state index in [2.05, 4.69) is 4.98 Å². The zero-order valence-corrected chi connectivity index (χ0v) is 9.25. The SMILES string of the molecule is CC(CN)C(C)c1cnccc1C(F)(F)F. The standard InChI is InChI=1S/C11H15F3N2/c1-7(5-15)8(2)9-6-16-4-3-10(9)11(12,13)14/h3-4,6-8H,5,15H2,1-2H3. The predicted octanol–water partition coefficient (Wildman–Crippen LogP) is 2.80. The fourth-order valence-corrected chi connectivity index (χ4v) is 1.54. The normalized spacial score (nSPS) is 15.9. The molecule has 0 radical (unpaired) electrons. The number of hydrogen-bond acceptors (Lipinski definition) is 2. The van der Waals surface area contributed by atoms with Crippen LogP contribution in [0.4, 0.5) is 13.2 Å². The highest BCUT2D eigenvalue weighted by atomic mass is 19.4. The van der Waals surface area contributed by atoms with Crippen molar-refractivity contribution in [1.29, 1.82) is 0 Å². The Balaban J connectivity index is 3.13. The van der Waals surface area contributed by atoms with Gasteiger partial charge < -0.3 is 5.73 Å². The Hall–Kier alpha value is -1.10. The van der Waals surface area contributed by atoms with E-state index in [1.54, 1.807) is 6.92 Å². The van der Waals surface area contributed by atoms with E-state index in [0.717, 1.165) is 12.3 Å². The average Bonchev–Trinajstić information content (AvgIpc) is 2.26. The summed E-state index contributed by atoms with van der Waals surface area (Å²) in [6.45, 7) is 3.93. The lowest BCUT2D eigenvalue weighted by molar-refractivity contribution is -0.138. The molecule has 0 aromatic carbocycles. The quantitative estimate of drug-likeness (QED) is 0.870. The summed E-state index contributed by atoms with van der Waals surface area (Å²) in [6, 6.07) is 1.01. The van der Waals surface area contributed by atoms with Crippen LogP contribution in [0.5, 0.6) is 0 Å². The van der Waals surface area contributed by atoms with E-state index in [-0.39, 0.29) is 17.4 Å². The Morgan fingerprint density at radius 3 is 2.50 bits per heavy atom. The summed E-state index contributed by atoms with van der Waals surface area (Å²) in [6.07, 6.45) is -1.90. The molecule has 0 bridgehead atoms. The van der Waals surface area contributed by atoms with Gasteiger partial charge in [-0.25, -0.2) is 0 Å². The molecule has 1 aromatic rings. The van der Waals surface area contributed by atoms with Crippen LogP contribution < -0.4 is 5.73 Å². The number of nitrogens with two attached hydrogens (primary N) is 1. The third-order valence-electron chi connectivity index (χ3n) is 2.87. The Kier molecular flexibility index (Phi) is 3.91. The molecule has 1 rings (SSSR count). The second-order valence-corrected chi connectivity index (χ2v) is 3.96. The molecule has 0 fully saturated rings. The number of pyridine rings is 1. The fourth-order valence-electron chi connectivity index (χ4n) is 1.54. The summed E-state index contributed by atoms with van der Waals surface area (Å²) in [5.74, 6) is -0.263. The monoisotopic (exact) mass is 232 g/mol. The van der Waals surface area contributed by atoms with Gasteiger partial charge in [-0.2, -0.15) is 13.2 Å². The van der Waals surface area contributed by atoms with Gasteiger partial charge in [0, 0.05) is 12.4 Å². The first-order valence-electron chi connectivity index (χ1n) is 5.09. The van der Waals surface area contributed by atoms with E-state index in [0.29, 0.717) is 6.54 Å². The van der Waals surface area contributed by atoms with Crippen LogP contribution in [0, 0.1) is 5.92 Å². The summed E-state index contributed by atoms with van der Waals surface area (Å²) in [5, 5.41) is 0. The van der Waals surface area contributed by atoms with Gasteiger partial charge >= 0.3 is 6.18 Å². The molecule has 2 N–H and O–H groups in total. The topological polar surface area (TPSA) is 38.9 Å². The third-order valence-corrected chi connectivity index (χ3v) is 2.87. The van der Waals surface area contributed by atoms with Crippen molar-refractivity contribution in [3.05, 3.63) is 29.6 Å². The van der Waals surface area contributed by atoms with Crippen LogP contribution in [0.3, 0.4) is 0 Å². The smallest absolute Gasteiger partial charge is 0.330 e. The Bertz CT molecular complexity index is 349. The van der Waals surface area contributed by atoms with E-state index in [4.69, 9.17) is 5.73 Å². The Morgan fingerprint density at radius 2 is 2.00 bits per heavy atom. The first-order chi connectivity index (χ1) is 7.38. The maximum absolute atomic E-state index is 12.7. The van der Waals surface area contributed by atoms with E-state index in [1.165, 1.54) is 6.20 Å². The van der Waals surface area contributed by atoms with Gasteiger partial charge in [0.05, 0.1) is 5.56 Å². The van der Waals surface area contributed by atoms with E-state index < -0.39 is 11.7 Å². The molecule has 2 atom stereocenters. The molecule has 0 saturated heterocycles. The highest BCUT2D eigenvalue weighted by Crippen LogP contribution is 2.36. The van der Waals surface area contributed by atoms with Crippen molar-refractivity contribution in [2.75, 3.05) is 6.54 Å². The minimum Gasteiger partial charge on any atom is -0.330 e. The van der Waals surface area contributed by atoms with Gasteiger partial charge in [-0.3, -0.25) is 4.98 Å². The lowest BCUT2D eigenvalue weighted by Crippen LogP contribution is -2.20. The van der Waals surface area contributed by atoms with Crippen LogP contribution >= 0.6 is 0 Å². The van der Waals surface area contributed by atoms with Crippen molar-refractivity contribution < 1.29 is 13.2 Å². The predicted molar refractivity (Wildman–Crippen MR) is 55.9 cm³/mol. The summed E-state index contributed by atoms with van der Waals surface area (Å²) < 4.78 is 38.2. The van der Waals surface area contributed by atoms with Gasteiger partial charge in [0.2, 0.25) is 0 Å². The number of rotatable bonds is 3. The van der Waals surface area contributed by atoms with Crippen LogP contribution in [0.1, 0.15) is 30.9 Å². The molecule has 2 nitrogen and oxygen atoms in total. The van der Waals surface area contributed by atoms with Crippen LogP contribution in [0.25, 0.3) is 0 Å². The van der Waals surface area contributed by atoms with E-state index >= 15 is 0 Å². The average molecular weight is 232 g/mol. The second-order valence-electron chi connectivity index (χ2n) is 3.96. The molecule has 0 spiro atoms. The van der Waals surface area contributed by atoms with Crippen LogP contribution in [-0.4, -0.2) is 11.5 Å². The first-order valence-corrected chi connectivity index (χ1v) is 5.09. The molecule has 2 unspecified atom stereocenters. The number of halogens is 3. The van der Waals surface area contributed by atoms with Gasteiger partial charge in [-0.1, -0.05) is 13.8 Å². The summed E-state index contributed by atoms with van der Waals surface area (Å²) in [5.41, 5.74) is 5.07. The van der Waals surface area contributed by atoms with Crippen LogP contribution in [0.2, 0.25) is 0 Å². The summed E-state index contributed by atoms with van der Waals surface area (Å²) in [4.78, 5) is 3.76. The number of aromatic nitrogens is 1. The van der Waals surface area contributed by atoms with Crippen molar-refractivity contribution in [1.82, 2.24) is 4.98 Å². The van der Waals surface area contributed by atoms with Gasteiger partial charge in [-0.05, 0) is 30.0 Å². The number of nitrogens with zero attached hydrogens (tertiary/aromatic N) is 1. The molecule has 0 aliphatic rings. The largest absolute Gasteiger partial charge is 0.416 e. The van der Waals surface area contributed by atoms with Gasteiger partial charge in [-0.15, -0.1) is 0 Å². The molecular weight excluding hydrogens is 217 g/mol. The van der Waals surface area contributed by atoms with Crippen LogP contribution in [-0.2, 0) is 6.18 Å². The maximum Gasteiger partial charge on any atom is 0.416 e.